The fraction of sp³-hybridized carbons (Fsp3) is 0.385. The number of piperidine rings is 1. The lowest BCUT2D eigenvalue weighted by Gasteiger charge is -2.27. The van der Waals surface area contributed by atoms with Crippen molar-refractivity contribution < 1.29 is 24.2 Å². The van der Waals surface area contributed by atoms with Gasteiger partial charge >= 0.3 is 0 Å². The SMILES string of the molecule is CC(c1c(C(N)=O)c(=O)n(CC(=O)N2CCCCC2)c2cc(Cc3ccc(F)cc3)cnc12)C(O)O. The number of likely N-dealkylation sites (tertiary alicyclic amines) is 1. The van der Waals surface area contributed by atoms with Gasteiger partial charge in [0.25, 0.3) is 11.5 Å². The summed E-state index contributed by atoms with van der Waals surface area (Å²) < 4.78 is 14.5. The standard InChI is InChI=1S/C26H29FN4O5/c1-15(26(35)36)21-22(24(28)33)25(34)31(14-20(32)30-9-3-2-4-10-30)19-12-17(13-29-23(19)21)11-16-5-7-18(27)8-6-16/h5-8,12-13,15,26,35-36H,2-4,9-11,14H2,1H3,(H2,28,33). The smallest absolute Gasteiger partial charge is 0.264 e. The van der Waals surface area contributed by atoms with Crippen LogP contribution in [0.4, 0.5) is 4.39 Å². The van der Waals surface area contributed by atoms with Crippen LogP contribution < -0.4 is 11.3 Å². The summed E-state index contributed by atoms with van der Waals surface area (Å²) in [6, 6.07) is 7.65. The number of aliphatic hydroxyl groups excluding tert-OH is 1. The molecule has 10 heteroatoms. The van der Waals surface area contributed by atoms with Gasteiger partial charge in [0.05, 0.1) is 11.0 Å². The number of halogens is 1. The number of carbonyl (C=O) groups is 2. The van der Waals surface area contributed by atoms with Crippen molar-refractivity contribution >= 4 is 22.8 Å². The molecule has 3 aromatic rings. The molecular formula is C26H29FN4O5. The second-order valence-corrected chi connectivity index (χ2v) is 9.20. The van der Waals surface area contributed by atoms with Crippen molar-refractivity contribution in [2.45, 2.75) is 51.4 Å². The Labute approximate surface area is 207 Å². The molecule has 2 aromatic heterocycles. The van der Waals surface area contributed by atoms with E-state index in [0.29, 0.717) is 25.1 Å². The first kappa shape index (κ1) is 25.5. The van der Waals surface area contributed by atoms with Gasteiger partial charge in [-0.25, -0.2) is 4.39 Å². The number of hydrogen-bond donors (Lipinski definition) is 3. The van der Waals surface area contributed by atoms with Crippen LogP contribution in [0.3, 0.4) is 0 Å². The number of hydrogen-bond acceptors (Lipinski definition) is 6. The fourth-order valence-corrected chi connectivity index (χ4v) is 4.69. The highest BCUT2D eigenvalue weighted by molar-refractivity contribution is 5.99. The first-order valence-electron chi connectivity index (χ1n) is 11.9. The molecule has 0 aliphatic carbocycles. The van der Waals surface area contributed by atoms with Crippen molar-refractivity contribution in [3.8, 4) is 0 Å². The maximum absolute atomic E-state index is 13.6. The second kappa shape index (κ2) is 10.5. The molecule has 0 bridgehead atoms. The minimum Gasteiger partial charge on any atom is -0.368 e. The average Bonchev–Trinajstić information content (AvgIpc) is 2.86. The van der Waals surface area contributed by atoms with Gasteiger partial charge in [-0.1, -0.05) is 19.1 Å². The number of carbonyl (C=O) groups excluding carboxylic acids is 2. The number of rotatable bonds is 7. The van der Waals surface area contributed by atoms with E-state index in [2.05, 4.69) is 4.98 Å². The van der Waals surface area contributed by atoms with Gasteiger partial charge in [0.2, 0.25) is 5.91 Å². The second-order valence-electron chi connectivity index (χ2n) is 9.20. The van der Waals surface area contributed by atoms with Crippen molar-refractivity contribution in [1.29, 1.82) is 0 Å². The lowest BCUT2D eigenvalue weighted by Crippen LogP contribution is -2.41. The molecule has 1 unspecified atom stereocenters. The first-order valence-corrected chi connectivity index (χ1v) is 11.9. The molecule has 190 valence electrons. The summed E-state index contributed by atoms with van der Waals surface area (Å²) in [6.07, 6.45) is 2.83. The predicted molar refractivity (Wildman–Crippen MR) is 131 cm³/mol. The molecule has 0 spiro atoms. The van der Waals surface area contributed by atoms with Gasteiger partial charge in [0.1, 0.15) is 17.9 Å². The van der Waals surface area contributed by atoms with Crippen molar-refractivity contribution in [3.05, 3.63) is 75.0 Å². The highest BCUT2D eigenvalue weighted by atomic mass is 19.1. The van der Waals surface area contributed by atoms with E-state index in [-0.39, 0.29) is 34.9 Å². The number of nitrogens with zero attached hydrogens (tertiary/aromatic N) is 3. The van der Waals surface area contributed by atoms with Gasteiger partial charge in [-0.05, 0) is 55.0 Å². The minimum atomic E-state index is -1.88. The summed E-state index contributed by atoms with van der Waals surface area (Å²) in [6.45, 7) is 2.32. The zero-order valence-corrected chi connectivity index (χ0v) is 20.0. The molecular weight excluding hydrogens is 467 g/mol. The van der Waals surface area contributed by atoms with Crippen LogP contribution in [0.1, 0.15) is 59.2 Å². The lowest BCUT2D eigenvalue weighted by molar-refractivity contribution is -0.132. The van der Waals surface area contributed by atoms with Crippen molar-refractivity contribution in [3.63, 3.8) is 0 Å². The number of primary amides is 1. The Morgan fingerprint density at radius 1 is 1.11 bits per heavy atom. The number of amides is 2. The molecule has 0 radical (unpaired) electrons. The third kappa shape index (κ3) is 5.14. The normalized spacial score (nSPS) is 14.9. The van der Waals surface area contributed by atoms with Crippen LogP contribution in [0, 0.1) is 5.82 Å². The Kier molecular flexibility index (Phi) is 7.46. The van der Waals surface area contributed by atoms with Gasteiger partial charge in [0.15, 0.2) is 6.29 Å². The molecule has 1 aromatic carbocycles. The number of aliphatic hydroxyl groups is 2. The number of nitrogens with two attached hydrogens (primary N) is 1. The summed E-state index contributed by atoms with van der Waals surface area (Å²) in [4.78, 5) is 45.2. The highest BCUT2D eigenvalue weighted by Crippen LogP contribution is 2.29. The Hall–Kier alpha value is -3.63. The van der Waals surface area contributed by atoms with E-state index in [9.17, 15) is 29.0 Å². The quantitative estimate of drug-likeness (QED) is 0.425. The van der Waals surface area contributed by atoms with Crippen LogP contribution in [-0.4, -0.2) is 55.9 Å². The highest BCUT2D eigenvalue weighted by Gasteiger charge is 2.29. The van der Waals surface area contributed by atoms with Gasteiger partial charge in [-0.2, -0.15) is 0 Å². The van der Waals surface area contributed by atoms with E-state index < -0.39 is 29.2 Å². The van der Waals surface area contributed by atoms with Crippen LogP contribution in [0.15, 0.2) is 41.3 Å². The summed E-state index contributed by atoms with van der Waals surface area (Å²) in [7, 11) is 0. The molecule has 2 amide bonds. The number of aromatic nitrogens is 2. The molecule has 1 aliphatic heterocycles. The summed E-state index contributed by atoms with van der Waals surface area (Å²) in [5.41, 5.74) is 6.32. The average molecular weight is 497 g/mol. The van der Waals surface area contributed by atoms with Crippen molar-refractivity contribution in [2.24, 2.45) is 5.73 Å². The van der Waals surface area contributed by atoms with Gasteiger partial charge in [-0.15, -0.1) is 0 Å². The first-order chi connectivity index (χ1) is 17.2. The lowest BCUT2D eigenvalue weighted by atomic mass is 9.93. The topological polar surface area (TPSA) is 139 Å². The van der Waals surface area contributed by atoms with Crippen molar-refractivity contribution in [2.75, 3.05) is 13.1 Å². The van der Waals surface area contributed by atoms with Crippen LogP contribution >= 0.6 is 0 Å². The zero-order valence-electron chi connectivity index (χ0n) is 20.0. The maximum atomic E-state index is 13.6. The molecule has 3 heterocycles. The van der Waals surface area contributed by atoms with Crippen LogP contribution in [-0.2, 0) is 17.8 Å². The van der Waals surface area contributed by atoms with Gasteiger partial charge in [-0.3, -0.25) is 23.9 Å². The summed E-state index contributed by atoms with van der Waals surface area (Å²) in [5.74, 6) is -2.72. The van der Waals surface area contributed by atoms with Crippen molar-refractivity contribution in [1.82, 2.24) is 14.5 Å². The number of benzene rings is 1. The van der Waals surface area contributed by atoms with Gasteiger partial charge in [0, 0.05) is 30.8 Å². The predicted octanol–water partition coefficient (Wildman–Crippen LogP) is 1.65. The van der Waals surface area contributed by atoms with Crippen LogP contribution in [0.2, 0.25) is 0 Å². The number of fused-ring (bicyclic) bond motifs is 1. The monoisotopic (exact) mass is 496 g/mol. The molecule has 0 saturated carbocycles. The van der Waals surface area contributed by atoms with Crippen LogP contribution in [0.5, 0.6) is 0 Å². The molecule has 1 atom stereocenters. The van der Waals surface area contributed by atoms with E-state index in [1.54, 1.807) is 23.1 Å². The summed E-state index contributed by atoms with van der Waals surface area (Å²) in [5, 5.41) is 19.7. The van der Waals surface area contributed by atoms with E-state index in [1.807, 2.05) is 0 Å². The van der Waals surface area contributed by atoms with E-state index in [1.165, 1.54) is 29.8 Å². The Bertz CT molecular complexity index is 1350. The Balaban J connectivity index is 1.90. The molecule has 1 fully saturated rings. The molecule has 1 saturated heterocycles. The molecule has 1 aliphatic rings. The number of pyridine rings is 2. The third-order valence-corrected chi connectivity index (χ3v) is 6.67. The fourth-order valence-electron chi connectivity index (χ4n) is 4.69. The maximum Gasteiger partial charge on any atom is 0.264 e. The van der Waals surface area contributed by atoms with Gasteiger partial charge < -0.3 is 20.8 Å². The van der Waals surface area contributed by atoms with E-state index >= 15 is 0 Å². The molecule has 36 heavy (non-hydrogen) atoms. The third-order valence-electron chi connectivity index (χ3n) is 6.67. The minimum absolute atomic E-state index is 0.0208. The van der Waals surface area contributed by atoms with E-state index in [0.717, 1.165) is 24.8 Å². The summed E-state index contributed by atoms with van der Waals surface area (Å²) >= 11 is 0. The largest absolute Gasteiger partial charge is 0.368 e. The van der Waals surface area contributed by atoms with E-state index in [4.69, 9.17) is 5.73 Å². The van der Waals surface area contributed by atoms with Crippen LogP contribution in [0.25, 0.3) is 11.0 Å². The molecule has 4 rings (SSSR count). The zero-order chi connectivity index (χ0) is 26.0. The Morgan fingerprint density at radius 2 is 1.78 bits per heavy atom. The Morgan fingerprint density at radius 3 is 2.39 bits per heavy atom. The molecule has 4 N–H and O–H groups in total. The molecule has 9 nitrogen and oxygen atoms in total.